The lowest BCUT2D eigenvalue weighted by molar-refractivity contribution is -0.136. The number of anilines is 1. The first-order valence-electron chi connectivity index (χ1n) is 9.72. The first-order chi connectivity index (χ1) is 14.8. The molecule has 0 amide bonds. The number of fused-ring (bicyclic) bond motifs is 1. The molecule has 3 rings (SSSR count). The van der Waals surface area contributed by atoms with Crippen LogP contribution in [0.2, 0.25) is 0 Å². The van der Waals surface area contributed by atoms with Crippen molar-refractivity contribution in [3.8, 4) is 11.5 Å². The Morgan fingerprint density at radius 3 is 2.45 bits per heavy atom. The van der Waals surface area contributed by atoms with E-state index in [1.54, 1.807) is 32.9 Å². The van der Waals surface area contributed by atoms with Gasteiger partial charge in [-0.05, 0) is 30.5 Å². The maximum atomic E-state index is 11.8. The van der Waals surface area contributed by atoms with E-state index >= 15 is 0 Å². The molecular formula is C23H25NO6S. The summed E-state index contributed by atoms with van der Waals surface area (Å²) in [5.41, 5.74) is 0.796. The summed E-state index contributed by atoms with van der Waals surface area (Å²) in [5, 5.41) is 22.2. The largest absolute Gasteiger partial charge is 0.493 e. The molecule has 164 valence electrons. The summed E-state index contributed by atoms with van der Waals surface area (Å²) < 4.78 is 11.2. The van der Waals surface area contributed by atoms with Crippen molar-refractivity contribution in [2.75, 3.05) is 26.1 Å². The van der Waals surface area contributed by atoms with Crippen LogP contribution in [0, 0.1) is 5.41 Å². The number of rotatable bonds is 7. The second-order valence-corrected chi connectivity index (χ2v) is 8.58. The van der Waals surface area contributed by atoms with Crippen molar-refractivity contribution in [3.05, 3.63) is 53.6 Å². The fraction of sp³-hybridized carbons (Fsp3) is 0.304. The summed E-state index contributed by atoms with van der Waals surface area (Å²) >= 11 is 1.55. The molecule has 0 fully saturated rings. The predicted molar refractivity (Wildman–Crippen MR) is 118 cm³/mol. The van der Waals surface area contributed by atoms with E-state index in [-0.39, 0.29) is 12.1 Å². The van der Waals surface area contributed by atoms with Crippen molar-refractivity contribution in [2.45, 2.75) is 29.6 Å². The summed E-state index contributed by atoms with van der Waals surface area (Å²) in [5.74, 6) is -1.33. The molecule has 0 spiro atoms. The van der Waals surface area contributed by atoms with Gasteiger partial charge in [0.25, 0.3) is 0 Å². The highest BCUT2D eigenvalue weighted by Gasteiger charge is 2.37. The van der Waals surface area contributed by atoms with Crippen molar-refractivity contribution in [1.29, 1.82) is 0 Å². The summed E-state index contributed by atoms with van der Waals surface area (Å²) in [4.78, 5) is 25.0. The average Bonchev–Trinajstić information content (AvgIpc) is 2.92. The molecule has 0 radical (unpaired) electrons. The highest BCUT2D eigenvalue weighted by molar-refractivity contribution is 7.99. The van der Waals surface area contributed by atoms with Gasteiger partial charge < -0.3 is 25.0 Å². The number of carbonyl (C=O) groups is 2. The third kappa shape index (κ3) is 4.80. The van der Waals surface area contributed by atoms with Gasteiger partial charge in [-0.2, -0.15) is 0 Å². The van der Waals surface area contributed by atoms with E-state index in [2.05, 4.69) is 5.32 Å². The smallest absolute Gasteiger partial charge is 0.332 e. The molecule has 0 aliphatic carbocycles. The first kappa shape index (κ1) is 22.6. The van der Waals surface area contributed by atoms with Gasteiger partial charge in [-0.3, -0.25) is 0 Å². The Labute approximate surface area is 185 Å². The molecule has 31 heavy (non-hydrogen) atoms. The lowest BCUT2D eigenvalue weighted by Gasteiger charge is -2.28. The van der Waals surface area contributed by atoms with Gasteiger partial charge in [0, 0.05) is 34.7 Å². The monoisotopic (exact) mass is 443 g/mol. The molecular weight excluding hydrogens is 418 g/mol. The molecule has 3 N–H and O–H groups in total. The molecule has 8 heteroatoms. The van der Waals surface area contributed by atoms with E-state index in [1.165, 1.54) is 0 Å². The van der Waals surface area contributed by atoms with Gasteiger partial charge in [-0.25, -0.2) is 9.59 Å². The van der Waals surface area contributed by atoms with E-state index in [0.29, 0.717) is 24.3 Å². The van der Waals surface area contributed by atoms with Crippen LogP contribution in [-0.4, -0.2) is 42.9 Å². The number of ether oxygens (including phenoxy) is 2. The molecule has 0 saturated carbocycles. The van der Waals surface area contributed by atoms with Crippen LogP contribution in [-0.2, 0) is 16.0 Å². The number of hydrogen-bond donors (Lipinski definition) is 3. The number of aliphatic carboxylic acids is 2. The van der Waals surface area contributed by atoms with Crippen molar-refractivity contribution >= 4 is 29.4 Å². The van der Waals surface area contributed by atoms with Crippen LogP contribution in [0.4, 0.5) is 5.69 Å². The van der Waals surface area contributed by atoms with Gasteiger partial charge in [0.05, 0.1) is 24.7 Å². The van der Waals surface area contributed by atoms with Crippen LogP contribution in [0.5, 0.6) is 11.5 Å². The minimum absolute atomic E-state index is 0.128. The van der Waals surface area contributed by atoms with E-state index in [0.717, 1.165) is 27.1 Å². The Balaban J connectivity index is 2.08. The summed E-state index contributed by atoms with van der Waals surface area (Å²) in [6.07, 6.45) is 1.79. The summed E-state index contributed by atoms with van der Waals surface area (Å²) in [7, 11) is 3.16. The van der Waals surface area contributed by atoms with Crippen LogP contribution in [0.25, 0.3) is 0 Å². The summed E-state index contributed by atoms with van der Waals surface area (Å²) in [6, 6.07) is 11.7. The van der Waals surface area contributed by atoms with Crippen LogP contribution in [0.3, 0.4) is 0 Å². The van der Waals surface area contributed by atoms with Crippen molar-refractivity contribution in [3.63, 3.8) is 0 Å². The Hall–Kier alpha value is -3.13. The first-order valence-corrected chi connectivity index (χ1v) is 10.5. The standard InChI is InChI=1S/C23H25NO6S/c1-23(16(22(27)28)11-19(25)26)10-9-15-17(24-13-23)12-18(29-2)20(30-3)21(15)31-14-7-5-4-6-8-14/h4-8,11-12,24H,9-10,13H2,1-3H3,(H,25,26)(H,27,28). The number of hydrogen-bond acceptors (Lipinski definition) is 6. The van der Waals surface area contributed by atoms with Crippen LogP contribution >= 0.6 is 11.8 Å². The van der Waals surface area contributed by atoms with Crippen molar-refractivity contribution in [2.24, 2.45) is 5.41 Å². The SMILES string of the molecule is COc1cc2c(c(Sc3ccccc3)c1OC)CCC(C)(C(=CC(=O)O)C(=O)O)CN2. The number of benzene rings is 2. The fourth-order valence-electron chi connectivity index (χ4n) is 3.75. The van der Waals surface area contributed by atoms with E-state index < -0.39 is 17.4 Å². The molecule has 1 unspecified atom stereocenters. The second kappa shape index (κ2) is 9.34. The minimum atomic E-state index is -1.27. The topological polar surface area (TPSA) is 105 Å². The molecule has 2 aromatic carbocycles. The maximum absolute atomic E-state index is 11.8. The Bertz CT molecular complexity index is 1020. The number of carboxylic acids is 2. The van der Waals surface area contributed by atoms with E-state index in [1.807, 2.05) is 36.4 Å². The summed E-state index contributed by atoms with van der Waals surface area (Å²) in [6.45, 7) is 2.05. The van der Waals surface area contributed by atoms with Gasteiger partial charge in [-0.1, -0.05) is 36.9 Å². The van der Waals surface area contributed by atoms with E-state index in [4.69, 9.17) is 9.47 Å². The lowest BCUT2D eigenvalue weighted by Crippen LogP contribution is -2.32. The number of nitrogens with one attached hydrogen (secondary N) is 1. The highest BCUT2D eigenvalue weighted by Crippen LogP contribution is 2.49. The average molecular weight is 444 g/mol. The van der Waals surface area contributed by atoms with Crippen LogP contribution in [0.1, 0.15) is 18.9 Å². The van der Waals surface area contributed by atoms with Gasteiger partial charge in [0.1, 0.15) is 0 Å². The second-order valence-electron chi connectivity index (χ2n) is 7.50. The number of carboxylic acid groups (broad SMARTS) is 2. The lowest BCUT2D eigenvalue weighted by atomic mass is 9.77. The Morgan fingerprint density at radius 1 is 1.16 bits per heavy atom. The molecule has 7 nitrogen and oxygen atoms in total. The van der Waals surface area contributed by atoms with Crippen molar-refractivity contribution in [1.82, 2.24) is 0 Å². The molecule has 1 aliphatic heterocycles. The normalized spacial score (nSPS) is 18.4. The highest BCUT2D eigenvalue weighted by atomic mass is 32.2. The van der Waals surface area contributed by atoms with Gasteiger partial charge in [0.15, 0.2) is 11.5 Å². The van der Waals surface area contributed by atoms with Gasteiger partial charge >= 0.3 is 11.9 Å². The molecule has 1 heterocycles. The minimum Gasteiger partial charge on any atom is -0.493 e. The Kier molecular flexibility index (Phi) is 6.80. The van der Waals surface area contributed by atoms with Gasteiger partial charge in [0.2, 0.25) is 0 Å². The third-order valence-corrected chi connectivity index (χ3v) is 6.58. The van der Waals surface area contributed by atoms with Crippen molar-refractivity contribution < 1.29 is 29.3 Å². The Morgan fingerprint density at radius 2 is 1.87 bits per heavy atom. The molecule has 1 aliphatic rings. The molecule has 2 aromatic rings. The fourth-order valence-corrected chi connectivity index (χ4v) is 4.89. The van der Waals surface area contributed by atoms with Gasteiger partial charge in [-0.15, -0.1) is 0 Å². The molecule has 1 atom stereocenters. The molecule has 0 bridgehead atoms. The predicted octanol–water partition coefficient (Wildman–Crippen LogP) is 4.32. The molecule has 0 aromatic heterocycles. The number of methoxy groups -OCH3 is 2. The quantitative estimate of drug-likeness (QED) is 0.544. The van der Waals surface area contributed by atoms with E-state index in [9.17, 15) is 19.8 Å². The maximum Gasteiger partial charge on any atom is 0.332 e. The van der Waals surface area contributed by atoms with Crippen LogP contribution < -0.4 is 14.8 Å². The zero-order valence-corrected chi connectivity index (χ0v) is 18.4. The third-order valence-electron chi connectivity index (χ3n) is 5.44. The molecule has 0 saturated heterocycles. The zero-order valence-electron chi connectivity index (χ0n) is 17.6. The van der Waals surface area contributed by atoms with Crippen LogP contribution in [0.15, 0.2) is 57.8 Å². The zero-order chi connectivity index (χ0) is 22.6.